The van der Waals surface area contributed by atoms with Gasteiger partial charge in [-0.05, 0) is 25.1 Å². The number of rotatable bonds is 5. The fourth-order valence-electron chi connectivity index (χ4n) is 3.93. The van der Waals surface area contributed by atoms with E-state index < -0.39 is 11.4 Å². The third kappa shape index (κ3) is 4.34. The summed E-state index contributed by atoms with van der Waals surface area (Å²) in [5, 5.41) is 0.232. The van der Waals surface area contributed by atoms with Crippen LogP contribution >= 0.6 is 11.6 Å². The molecule has 0 spiro atoms. The number of aromatic nitrogens is 3. The number of nitrogens with two attached hydrogens (primary N) is 1. The molecule has 1 aliphatic rings. The van der Waals surface area contributed by atoms with Gasteiger partial charge in [0.05, 0.1) is 25.0 Å². The minimum atomic E-state index is -0.614. The third-order valence-corrected chi connectivity index (χ3v) is 5.77. The highest BCUT2D eigenvalue weighted by molar-refractivity contribution is 6.30. The van der Waals surface area contributed by atoms with Crippen LogP contribution in [0, 0.1) is 12.7 Å². The van der Waals surface area contributed by atoms with E-state index in [9.17, 15) is 9.18 Å². The lowest BCUT2D eigenvalue weighted by Crippen LogP contribution is -2.44. The van der Waals surface area contributed by atoms with Gasteiger partial charge >= 0.3 is 5.56 Å². The van der Waals surface area contributed by atoms with E-state index in [4.69, 9.17) is 26.8 Å². The smallest absolute Gasteiger partial charge is 0.302 e. The SMILES string of the molecule is CN=C/C(=C\N)C1CN(c2cc3nc(C)c(OC)c(=O)n3c(-c3ccc(Cl)cc3F)n2)CCO1. The molecule has 0 aliphatic carbocycles. The number of methoxy groups -OCH3 is 1. The maximum atomic E-state index is 15.0. The number of anilines is 1. The largest absolute Gasteiger partial charge is 0.490 e. The number of benzene rings is 1. The monoisotopic (exact) mass is 486 g/mol. The fourth-order valence-corrected chi connectivity index (χ4v) is 4.09. The zero-order valence-electron chi connectivity index (χ0n) is 19.0. The summed E-state index contributed by atoms with van der Waals surface area (Å²) in [4.78, 5) is 28.5. The Hall–Kier alpha value is -3.50. The van der Waals surface area contributed by atoms with E-state index in [1.54, 1.807) is 26.3 Å². The molecule has 0 saturated carbocycles. The van der Waals surface area contributed by atoms with Crippen molar-refractivity contribution in [3.8, 4) is 17.1 Å². The predicted molar refractivity (Wildman–Crippen MR) is 130 cm³/mol. The molecule has 3 aromatic rings. The van der Waals surface area contributed by atoms with E-state index in [2.05, 4.69) is 15.0 Å². The lowest BCUT2D eigenvalue weighted by molar-refractivity contribution is 0.0677. The Morgan fingerprint density at radius 3 is 2.85 bits per heavy atom. The van der Waals surface area contributed by atoms with Crippen LogP contribution in [0.2, 0.25) is 5.02 Å². The number of halogens is 2. The van der Waals surface area contributed by atoms with Crippen LogP contribution in [0.1, 0.15) is 5.69 Å². The highest BCUT2D eigenvalue weighted by Crippen LogP contribution is 2.28. The molecule has 11 heteroatoms. The molecule has 4 rings (SSSR count). The number of ether oxygens (including phenoxy) is 2. The van der Waals surface area contributed by atoms with Crippen molar-refractivity contribution >= 4 is 29.3 Å². The molecular formula is C23H24ClFN6O3. The van der Waals surface area contributed by atoms with Crippen LogP contribution in [-0.2, 0) is 4.74 Å². The Morgan fingerprint density at radius 1 is 1.38 bits per heavy atom. The minimum Gasteiger partial charge on any atom is -0.490 e. The maximum absolute atomic E-state index is 15.0. The molecule has 1 saturated heterocycles. The third-order valence-electron chi connectivity index (χ3n) is 5.54. The standard InChI is InChI=1S/C23H24ClFN6O3/c1-13-21(33-3)23(32)31-20(28-13)9-19(29-22(31)16-5-4-15(24)8-17(16)25)30-6-7-34-18(12-30)14(10-26)11-27-2/h4-5,8-11,18H,6-7,12,26H2,1-3H3/b14-10+,27-11?. The molecule has 178 valence electrons. The molecule has 1 atom stereocenters. The topological polar surface area (TPSA) is 107 Å². The van der Waals surface area contributed by atoms with Gasteiger partial charge in [0.15, 0.2) is 5.82 Å². The Kier molecular flexibility index (Phi) is 6.80. The number of aliphatic imine (C=N–C) groups is 1. The summed E-state index contributed by atoms with van der Waals surface area (Å²) in [5.41, 5.74) is 6.84. The molecule has 0 bridgehead atoms. The molecule has 34 heavy (non-hydrogen) atoms. The van der Waals surface area contributed by atoms with E-state index >= 15 is 0 Å². The van der Waals surface area contributed by atoms with Crippen LogP contribution in [-0.4, -0.2) is 60.5 Å². The first-order valence-corrected chi connectivity index (χ1v) is 10.9. The molecule has 1 fully saturated rings. The molecule has 2 aromatic heterocycles. The van der Waals surface area contributed by atoms with Crippen LogP contribution in [0.3, 0.4) is 0 Å². The summed E-state index contributed by atoms with van der Waals surface area (Å²) in [6.45, 7) is 3.05. The zero-order valence-corrected chi connectivity index (χ0v) is 19.7. The highest BCUT2D eigenvalue weighted by atomic mass is 35.5. The van der Waals surface area contributed by atoms with E-state index in [0.717, 1.165) is 5.57 Å². The highest BCUT2D eigenvalue weighted by Gasteiger charge is 2.26. The summed E-state index contributed by atoms with van der Waals surface area (Å²) < 4.78 is 27.3. The van der Waals surface area contributed by atoms with Crippen molar-refractivity contribution in [3.05, 3.63) is 62.9 Å². The average Bonchev–Trinajstić information content (AvgIpc) is 2.82. The van der Waals surface area contributed by atoms with Crippen molar-refractivity contribution in [2.24, 2.45) is 10.7 Å². The molecule has 0 radical (unpaired) electrons. The van der Waals surface area contributed by atoms with Gasteiger partial charge in [-0.2, -0.15) is 0 Å². The van der Waals surface area contributed by atoms with Crippen molar-refractivity contribution in [2.75, 3.05) is 38.8 Å². The number of fused-ring (bicyclic) bond motifs is 1. The second-order valence-corrected chi connectivity index (χ2v) is 8.09. The van der Waals surface area contributed by atoms with Gasteiger partial charge < -0.3 is 20.1 Å². The summed E-state index contributed by atoms with van der Waals surface area (Å²) in [6, 6.07) is 5.88. The molecule has 9 nitrogen and oxygen atoms in total. The maximum Gasteiger partial charge on any atom is 0.302 e. The summed E-state index contributed by atoms with van der Waals surface area (Å²) in [6.07, 6.45) is 2.77. The summed E-state index contributed by atoms with van der Waals surface area (Å²) >= 11 is 5.95. The normalized spacial score (nSPS) is 17.0. The van der Waals surface area contributed by atoms with Crippen LogP contribution < -0.4 is 20.9 Å². The van der Waals surface area contributed by atoms with E-state index in [-0.39, 0.29) is 28.3 Å². The van der Waals surface area contributed by atoms with Gasteiger partial charge in [0.25, 0.3) is 0 Å². The average molecular weight is 487 g/mol. The molecule has 3 heterocycles. The molecular weight excluding hydrogens is 463 g/mol. The zero-order chi connectivity index (χ0) is 24.4. The predicted octanol–water partition coefficient (Wildman–Crippen LogP) is 2.61. The Balaban J connectivity index is 1.92. The van der Waals surface area contributed by atoms with Crippen molar-refractivity contribution in [3.63, 3.8) is 0 Å². The van der Waals surface area contributed by atoms with Crippen molar-refractivity contribution in [1.29, 1.82) is 0 Å². The number of hydrogen-bond donors (Lipinski definition) is 1. The lowest BCUT2D eigenvalue weighted by Gasteiger charge is -2.34. The van der Waals surface area contributed by atoms with E-state index in [0.29, 0.717) is 36.9 Å². The quantitative estimate of drug-likeness (QED) is 0.552. The number of morpholine rings is 1. The summed E-state index contributed by atoms with van der Waals surface area (Å²) in [5.74, 6) is 0.0482. The van der Waals surface area contributed by atoms with Gasteiger partial charge in [0.1, 0.15) is 23.4 Å². The van der Waals surface area contributed by atoms with Gasteiger partial charge in [-0.25, -0.2) is 18.8 Å². The van der Waals surface area contributed by atoms with Gasteiger partial charge in [-0.1, -0.05) is 11.6 Å². The van der Waals surface area contributed by atoms with Crippen molar-refractivity contribution in [2.45, 2.75) is 13.0 Å². The molecule has 2 N–H and O–H groups in total. The van der Waals surface area contributed by atoms with Crippen molar-refractivity contribution < 1.29 is 13.9 Å². The first kappa shape index (κ1) is 23.7. The van der Waals surface area contributed by atoms with Gasteiger partial charge in [-0.3, -0.25) is 9.79 Å². The molecule has 1 aliphatic heterocycles. The Bertz CT molecular complexity index is 1360. The first-order valence-electron chi connectivity index (χ1n) is 10.5. The van der Waals surface area contributed by atoms with Crippen molar-refractivity contribution in [1.82, 2.24) is 14.4 Å². The van der Waals surface area contributed by atoms with E-state index in [1.165, 1.54) is 35.9 Å². The number of aryl methyl sites for hydroxylation is 1. The number of hydrogen-bond acceptors (Lipinski definition) is 8. The molecule has 1 aromatic carbocycles. The molecule has 1 unspecified atom stereocenters. The second-order valence-electron chi connectivity index (χ2n) is 7.65. The van der Waals surface area contributed by atoms with E-state index in [1.807, 2.05) is 4.90 Å². The first-order chi connectivity index (χ1) is 16.4. The van der Waals surface area contributed by atoms with Crippen LogP contribution in [0.4, 0.5) is 10.2 Å². The van der Waals surface area contributed by atoms with Gasteiger partial charge in [0.2, 0.25) is 5.75 Å². The summed E-state index contributed by atoms with van der Waals surface area (Å²) in [7, 11) is 3.04. The lowest BCUT2D eigenvalue weighted by atomic mass is 10.1. The molecule has 0 amide bonds. The van der Waals surface area contributed by atoms with Crippen LogP contribution in [0.5, 0.6) is 5.75 Å². The van der Waals surface area contributed by atoms with Gasteiger partial charge in [-0.15, -0.1) is 0 Å². The van der Waals surface area contributed by atoms with Crippen LogP contribution in [0.15, 0.2) is 45.8 Å². The Labute approximate surface area is 200 Å². The fraction of sp³-hybridized carbons (Fsp3) is 0.304. The minimum absolute atomic E-state index is 0.0608. The Morgan fingerprint density at radius 2 is 2.18 bits per heavy atom. The second kappa shape index (κ2) is 9.78. The number of nitrogens with zero attached hydrogens (tertiary/aromatic N) is 5. The van der Waals surface area contributed by atoms with Gasteiger partial charge in [0, 0.05) is 49.2 Å². The van der Waals surface area contributed by atoms with Crippen LogP contribution in [0.25, 0.3) is 17.0 Å².